The molecule has 0 aliphatic carbocycles. The summed E-state index contributed by atoms with van der Waals surface area (Å²) in [4.78, 5) is 30.2. The zero-order valence-corrected chi connectivity index (χ0v) is 18.2. The molecule has 0 aromatic heterocycles. The first-order valence-electron chi connectivity index (χ1n) is 10.8. The molecule has 160 valence electrons. The molecule has 1 aliphatic heterocycles. The minimum atomic E-state index is -0.966. The number of amides is 1. The molecule has 1 unspecified atom stereocenters. The van der Waals surface area contributed by atoms with Crippen LogP contribution in [0.3, 0.4) is 0 Å². The predicted octanol–water partition coefficient (Wildman–Crippen LogP) is 4.07. The lowest BCUT2D eigenvalue weighted by Crippen LogP contribution is -2.63. The number of likely N-dealkylation sites (tertiary alicyclic amines) is 1. The number of hydrogen-bond donors (Lipinski definition) is 0. The number of para-hydroxylation sites is 1. The number of nitrogens with zero attached hydrogens (tertiary/aromatic N) is 2. The number of carbonyl (C=O) groups excluding carboxylic acids is 2. The van der Waals surface area contributed by atoms with E-state index in [-0.39, 0.29) is 11.9 Å². The van der Waals surface area contributed by atoms with Crippen molar-refractivity contribution < 1.29 is 14.3 Å². The van der Waals surface area contributed by atoms with E-state index in [9.17, 15) is 9.59 Å². The number of ether oxygens (including phenoxy) is 1. The van der Waals surface area contributed by atoms with Gasteiger partial charge in [0.2, 0.25) is 5.91 Å². The average Bonchev–Trinajstić information content (AvgIpc) is 2.80. The van der Waals surface area contributed by atoms with E-state index in [4.69, 9.17) is 4.74 Å². The lowest BCUT2D eigenvalue weighted by molar-refractivity contribution is -0.151. The molecular weight excluding hydrogens is 376 g/mol. The maximum atomic E-state index is 13.1. The highest BCUT2D eigenvalue weighted by Gasteiger charge is 2.50. The van der Waals surface area contributed by atoms with Crippen LogP contribution in [0.1, 0.15) is 38.7 Å². The molecule has 2 aromatic rings. The fraction of sp³-hybridized carbons (Fsp3) is 0.440. The van der Waals surface area contributed by atoms with Crippen molar-refractivity contribution in [1.82, 2.24) is 4.90 Å². The van der Waals surface area contributed by atoms with E-state index in [2.05, 4.69) is 36.1 Å². The Kier molecular flexibility index (Phi) is 7.27. The Balaban J connectivity index is 1.83. The molecule has 3 rings (SSSR count). The highest BCUT2D eigenvalue weighted by atomic mass is 16.5. The molecule has 0 spiro atoms. The molecule has 1 heterocycles. The second-order valence-corrected chi connectivity index (χ2v) is 8.02. The average molecular weight is 409 g/mol. The first-order chi connectivity index (χ1) is 14.5. The van der Waals surface area contributed by atoms with Gasteiger partial charge in [0.1, 0.15) is 5.54 Å². The molecule has 0 radical (unpaired) electrons. The van der Waals surface area contributed by atoms with Gasteiger partial charge in [-0.05, 0) is 43.9 Å². The van der Waals surface area contributed by atoms with Gasteiger partial charge in [-0.2, -0.15) is 0 Å². The van der Waals surface area contributed by atoms with Gasteiger partial charge in [-0.3, -0.25) is 9.69 Å². The van der Waals surface area contributed by atoms with Crippen molar-refractivity contribution in [3.63, 3.8) is 0 Å². The molecule has 1 saturated heterocycles. The van der Waals surface area contributed by atoms with Crippen LogP contribution in [0.2, 0.25) is 0 Å². The molecule has 1 aliphatic rings. The number of benzene rings is 2. The van der Waals surface area contributed by atoms with Crippen molar-refractivity contribution in [1.29, 1.82) is 0 Å². The molecule has 30 heavy (non-hydrogen) atoms. The van der Waals surface area contributed by atoms with E-state index < -0.39 is 5.54 Å². The Labute approximate surface area is 179 Å². The van der Waals surface area contributed by atoms with Crippen molar-refractivity contribution in [3.8, 4) is 0 Å². The number of rotatable bonds is 7. The van der Waals surface area contributed by atoms with Crippen LogP contribution in [0, 0.1) is 0 Å². The van der Waals surface area contributed by atoms with Crippen LogP contribution in [0.4, 0.5) is 5.69 Å². The lowest BCUT2D eigenvalue weighted by Gasteiger charge is -2.47. The third-order valence-corrected chi connectivity index (χ3v) is 6.18. The van der Waals surface area contributed by atoms with Gasteiger partial charge < -0.3 is 9.64 Å². The predicted molar refractivity (Wildman–Crippen MR) is 119 cm³/mol. The minimum Gasteiger partial charge on any atom is -0.467 e. The third kappa shape index (κ3) is 4.57. The van der Waals surface area contributed by atoms with Gasteiger partial charge >= 0.3 is 5.97 Å². The van der Waals surface area contributed by atoms with E-state index in [0.29, 0.717) is 25.3 Å². The lowest BCUT2D eigenvalue weighted by atomic mass is 9.83. The normalized spacial score (nSPS) is 17.2. The zero-order valence-electron chi connectivity index (χ0n) is 18.2. The molecule has 0 N–H and O–H groups in total. The topological polar surface area (TPSA) is 49.9 Å². The van der Waals surface area contributed by atoms with Gasteiger partial charge in [-0.25, -0.2) is 4.79 Å². The number of carbonyl (C=O) groups is 2. The molecule has 5 heteroatoms. The summed E-state index contributed by atoms with van der Waals surface area (Å²) >= 11 is 0. The van der Waals surface area contributed by atoms with Crippen LogP contribution in [0.5, 0.6) is 0 Å². The third-order valence-electron chi connectivity index (χ3n) is 6.18. The van der Waals surface area contributed by atoms with Crippen molar-refractivity contribution in [2.75, 3.05) is 25.1 Å². The first-order valence-corrected chi connectivity index (χ1v) is 10.8. The second kappa shape index (κ2) is 9.90. The summed E-state index contributed by atoms with van der Waals surface area (Å²) in [5.41, 5.74) is 1.09. The first kappa shape index (κ1) is 22.0. The van der Waals surface area contributed by atoms with Gasteiger partial charge in [0.05, 0.1) is 7.11 Å². The van der Waals surface area contributed by atoms with Gasteiger partial charge in [-0.15, -0.1) is 0 Å². The summed E-state index contributed by atoms with van der Waals surface area (Å²) in [5, 5.41) is 0. The monoisotopic (exact) mass is 408 g/mol. The van der Waals surface area contributed by atoms with Crippen molar-refractivity contribution in [3.05, 3.63) is 66.2 Å². The maximum absolute atomic E-state index is 13.1. The van der Waals surface area contributed by atoms with Gasteiger partial charge in [0, 0.05) is 31.2 Å². The Bertz CT molecular complexity index is 830. The summed E-state index contributed by atoms with van der Waals surface area (Å²) in [6.45, 7) is 5.54. The standard InChI is InChI=1S/C25H32N2O3/c1-4-23(28)27(22-13-9-6-10-14-22)25(24(29)30-3)15-17-26(18-16-25)20(2)19-21-11-7-5-8-12-21/h5-14,20H,4,15-19H2,1-3H3. The molecule has 1 amide bonds. The summed E-state index contributed by atoms with van der Waals surface area (Å²) in [5.74, 6) is -0.388. The summed E-state index contributed by atoms with van der Waals surface area (Å²) in [7, 11) is 1.41. The second-order valence-electron chi connectivity index (χ2n) is 8.02. The summed E-state index contributed by atoms with van der Waals surface area (Å²) < 4.78 is 5.23. The van der Waals surface area contributed by atoms with Gasteiger partial charge in [0.25, 0.3) is 0 Å². The molecule has 0 bridgehead atoms. The van der Waals surface area contributed by atoms with Gasteiger partial charge in [-0.1, -0.05) is 55.5 Å². The van der Waals surface area contributed by atoms with E-state index in [1.54, 1.807) is 4.90 Å². The highest BCUT2D eigenvalue weighted by Crippen LogP contribution is 2.36. The number of methoxy groups -OCH3 is 1. The van der Waals surface area contributed by atoms with Crippen LogP contribution in [-0.4, -0.2) is 48.6 Å². The number of anilines is 1. The Morgan fingerprint density at radius 2 is 1.60 bits per heavy atom. The van der Waals surface area contributed by atoms with Crippen LogP contribution in [0.25, 0.3) is 0 Å². The minimum absolute atomic E-state index is 0.0580. The van der Waals surface area contributed by atoms with Crippen LogP contribution >= 0.6 is 0 Å². The largest absolute Gasteiger partial charge is 0.467 e. The zero-order chi connectivity index (χ0) is 21.6. The molecular formula is C25H32N2O3. The SMILES string of the molecule is CCC(=O)N(c1ccccc1)C1(C(=O)OC)CCN(C(C)Cc2ccccc2)CC1. The van der Waals surface area contributed by atoms with Crippen LogP contribution < -0.4 is 4.90 Å². The molecule has 2 aromatic carbocycles. The number of esters is 1. The molecule has 1 atom stereocenters. The Hall–Kier alpha value is -2.66. The van der Waals surface area contributed by atoms with E-state index in [1.165, 1.54) is 12.7 Å². The van der Waals surface area contributed by atoms with Gasteiger partial charge in [0.15, 0.2) is 0 Å². The molecule has 1 fully saturated rings. The van der Waals surface area contributed by atoms with Crippen molar-refractivity contribution in [2.24, 2.45) is 0 Å². The molecule has 0 saturated carbocycles. The van der Waals surface area contributed by atoms with E-state index in [1.807, 2.05) is 43.3 Å². The summed E-state index contributed by atoms with van der Waals surface area (Å²) in [6.07, 6.45) is 2.41. The maximum Gasteiger partial charge on any atom is 0.332 e. The fourth-order valence-corrected chi connectivity index (χ4v) is 4.49. The van der Waals surface area contributed by atoms with Crippen molar-refractivity contribution in [2.45, 2.75) is 51.1 Å². The highest BCUT2D eigenvalue weighted by molar-refractivity contribution is 6.02. The number of piperidine rings is 1. The smallest absolute Gasteiger partial charge is 0.332 e. The fourth-order valence-electron chi connectivity index (χ4n) is 4.49. The molecule has 5 nitrogen and oxygen atoms in total. The Morgan fingerprint density at radius 3 is 2.13 bits per heavy atom. The Morgan fingerprint density at radius 1 is 1.03 bits per heavy atom. The van der Waals surface area contributed by atoms with Crippen molar-refractivity contribution >= 4 is 17.6 Å². The van der Waals surface area contributed by atoms with Crippen LogP contribution in [0.15, 0.2) is 60.7 Å². The van der Waals surface area contributed by atoms with E-state index in [0.717, 1.165) is 25.2 Å². The van der Waals surface area contributed by atoms with E-state index >= 15 is 0 Å². The summed E-state index contributed by atoms with van der Waals surface area (Å²) in [6, 6.07) is 20.3. The quantitative estimate of drug-likeness (QED) is 0.648. The number of hydrogen-bond acceptors (Lipinski definition) is 4. The van der Waals surface area contributed by atoms with Crippen LogP contribution in [-0.2, 0) is 20.7 Å².